The van der Waals surface area contributed by atoms with Gasteiger partial charge in [-0.2, -0.15) is 10.4 Å². The molecule has 1 aromatic carbocycles. The largest absolute Gasteiger partial charge is 0.278 e. The lowest BCUT2D eigenvalue weighted by atomic mass is 9.79. The van der Waals surface area contributed by atoms with Gasteiger partial charge in [0.25, 0.3) is 0 Å². The number of nitrogens with one attached hydrogen (secondary N) is 1. The summed E-state index contributed by atoms with van der Waals surface area (Å²) in [6, 6.07) is 5.49. The first kappa shape index (κ1) is 14.0. The van der Waals surface area contributed by atoms with Crippen LogP contribution in [0.3, 0.4) is 0 Å². The molecule has 2 atom stereocenters. The maximum absolute atomic E-state index is 14.8. The third-order valence-corrected chi connectivity index (χ3v) is 3.98. The molecule has 22 heavy (non-hydrogen) atoms. The predicted octanol–water partition coefficient (Wildman–Crippen LogP) is 3.55. The quantitative estimate of drug-likeness (QED) is 0.817. The molecular formula is C16H12FN5. The zero-order chi connectivity index (χ0) is 15.9. The lowest BCUT2D eigenvalue weighted by Crippen LogP contribution is -2.25. The first-order valence-electron chi connectivity index (χ1n) is 6.73. The molecule has 2 heterocycles. The monoisotopic (exact) mass is 293 g/mol. The number of benzene rings is 1. The van der Waals surface area contributed by atoms with Gasteiger partial charge in [0.2, 0.25) is 0 Å². The van der Waals surface area contributed by atoms with E-state index in [-0.39, 0.29) is 0 Å². The lowest BCUT2D eigenvalue weighted by molar-refractivity contribution is 0.589. The number of aromatic nitrogens is 2. The summed E-state index contributed by atoms with van der Waals surface area (Å²) >= 11 is 0. The van der Waals surface area contributed by atoms with Crippen molar-refractivity contribution in [3.05, 3.63) is 52.5 Å². The van der Waals surface area contributed by atoms with Gasteiger partial charge in [-0.1, -0.05) is 6.07 Å². The number of halogens is 1. The number of aromatic amines is 1. The Bertz CT molecular complexity index is 907. The minimum atomic E-state index is -0.647. The first-order chi connectivity index (χ1) is 10.6. The van der Waals surface area contributed by atoms with Gasteiger partial charge in [-0.05, 0) is 25.5 Å². The highest BCUT2D eigenvalue weighted by Gasteiger charge is 2.36. The molecule has 2 aromatic rings. The van der Waals surface area contributed by atoms with Crippen LogP contribution in [0.1, 0.15) is 25.3 Å². The Hall–Kier alpha value is -2.99. The Balaban J connectivity index is 2.27. The van der Waals surface area contributed by atoms with Gasteiger partial charge in [-0.3, -0.25) is 10.1 Å². The van der Waals surface area contributed by atoms with Crippen LogP contribution in [-0.2, 0) is 0 Å². The van der Waals surface area contributed by atoms with E-state index in [1.165, 1.54) is 6.20 Å². The van der Waals surface area contributed by atoms with Crippen molar-refractivity contribution in [2.75, 3.05) is 0 Å². The summed E-state index contributed by atoms with van der Waals surface area (Å²) in [6.07, 6.45) is 1.41. The van der Waals surface area contributed by atoms with E-state index in [1.807, 2.05) is 0 Å². The number of hydrogen-bond donors (Lipinski definition) is 1. The molecular weight excluding hydrogens is 281 g/mol. The number of aliphatic imine (C=N–C) groups is 1. The van der Waals surface area contributed by atoms with Crippen LogP contribution in [0.15, 0.2) is 34.7 Å². The van der Waals surface area contributed by atoms with E-state index in [2.05, 4.69) is 26.1 Å². The molecule has 0 saturated heterocycles. The molecule has 5 nitrogen and oxygen atoms in total. The van der Waals surface area contributed by atoms with E-state index in [9.17, 15) is 9.65 Å². The number of fused-ring (bicyclic) bond motifs is 1. The second-order valence-corrected chi connectivity index (χ2v) is 5.22. The van der Waals surface area contributed by atoms with E-state index in [0.29, 0.717) is 33.6 Å². The topological polar surface area (TPSA) is 69.2 Å². The van der Waals surface area contributed by atoms with Crippen LogP contribution in [0.4, 0.5) is 4.39 Å². The second kappa shape index (κ2) is 5.09. The molecule has 0 aliphatic carbocycles. The molecule has 3 rings (SSSR count). The van der Waals surface area contributed by atoms with Gasteiger partial charge in [-0.15, -0.1) is 0 Å². The van der Waals surface area contributed by atoms with Gasteiger partial charge in [0, 0.05) is 17.3 Å². The second-order valence-electron chi connectivity index (χ2n) is 5.22. The summed E-state index contributed by atoms with van der Waals surface area (Å²) in [5.41, 5.74) is 2.37. The van der Waals surface area contributed by atoms with Crippen molar-refractivity contribution in [2.24, 2.45) is 10.9 Å². The highest BCUT2D eigenvalue weighted by molar-refractivity contribution is 5.91. The Morgan fingerprint density at radius 3 is 2.86 bits per heavy atom. The maximum atomic E-state index is 14.8. The van der Waals surface area contributed by atoms with Crippen molar-refractivity contribution in [3.8, 4) is 6.07 Å². The average Bonchev–Trinajstić information content (AvgIpc) is 2.96. The number of rotatable bonds is 1. The summed E-state index contributed by atoms with van der Waals surface area (Å²) in [7, 11) is 0. The average molecular weight is 293 g/mol. The van der Waals surface area contributed by atoms with Crippen molar-refractivity contribution in [2.45, 2.75) is 19.8 Å². The summed E-state index contributed by atoms with van der Waals surface area (Å²) in [6.45, 7) is 10.8. The van der Waals surface area contributed by atoms with Crippen LogP contribution in [0.5, 0.6) is 0 Å². The lowest BCUT2D eigenvalue weighted by Gasteiger charge is -2.26. The Labute approximate surface area is 126 Å². The fraction of sp³-hybridized carbons (Fsp3) is 0.250. The molecule has 1 aliphatic rings. The molecule has 108 valence electrons. The van der Waals surface area contributed by atoms with Crippen LogP contribution in [0, 0.1) is 29.6 Å². The summed E-state index contributed by atoms with van der Waals surface area (Å²) in [4.78, 5) is 7.77. The number of allylic oxidation sites excluding steroid dienone is 2. The van der Waals surface area contributed by atoms with E-state index in [0.717, 1.165) is 0 Å². The molecule has 0 spiro atoms. The standard InChI is InChI=1S/C16H12FN5/c1-8-11(6-18)14(16(19-3)9(2)21-8)10-4-5-13-12(15(10)17)7-20-22-13/h4-5,7,11,14H,1-2H3,(H,20,22). The Morgan fingerprint density at radius 2 is 2.18 bits per heavy atom. The van der Waals surface area contributed by atoms with Crippen molar-refractivity contribution >= 4 is 16.6 Å². The number of H-pyrrole nitrogens is 1. The molecule has 1 aromatic heterocycles. The smallest absolute Gasteiger partial charge is 0.195 e. The SMILES string of the molecule is [C-]#[N+]C1=C(C)N=C(C)C(C#N)C1c1ccc2[nH]ncc2c1F. The summed E-state index contributed by atoms with van der Waals surface area (Å²) < 4.78 is 14.8. The van der Waals surface area contributed by atoms with Crippen molar-refractivity contribution in [1.82, 2.24) is 10.2 Å². The van der Waals surface area contributed by atoms with Crippen molar-refractivity contribution < 1.29 is 4.39 Å². The van der Waals surface area contributed by atoms with Gasteiger partial charge in [0.05, 0.1) is 35.7 Å². The molecule has 2 unspecified atom stereocenters. The maximum Gasteiger partial charge on any atom is 0.195 e. The highest BCUT2D eigenvalue weighted by atomic mass is 19.1. The van der Waals surface area contributed by atoms with Gasteiger partial charge in [0.1, 0.15) is 5.82 Å². The first-order valence-corrected chi connectivity index (χ1v) is 6.73. The summed E-state index contributed by atoms with van der Waals surface area (Å²) in [5, 5.41) is 16.4. The molecule has 1 N–H and O–H groups in total. The van der Waals surface area contributed by atoms with Crippen LogP contribution in [0.25, 0.3) is 15.7 Å². The molecule has 1 aliphatic heterocycles. The Morgan fingerprint density at radius 1 is 1.41 bits per heavy atom. The molecule has 0 radical (unpaired) electrons. The fourth-order valence-corrected chi connectivity index (χ4v) is 2.90. The van der Waals surface area contributed by atoms with Gasteiger partial charge >= 0.3 is 0 Å². The van der Waals surface area contributed by atoms with E-state index >= 15 is 0 Å². The van der Waals surface area contributed by atoms with Crippen LogP contribution < -0.4 is 0 Å². The zero-order valence-electron chi connectivity index (χ0n) is 12.1. The van der Waals surface area contributed by atoms with E-state index in [1.54, 1.807) is 26.0 Å². The molecule has 6 heteroatoms. The van der Waals surface area contributed by atoms with E-state index in [4.69, 9.17) is 6.57 Å². The number of nitriles is 1. The molecule has 0 bridgehead atoms. The van der Waals surface area contributed by atoms with Crippen LogP contribution >= 0.6 is 0 Å². The van der Waals surface area contributed by atoms with Gasteiger partial charge in [0.15, 0.2) is 5.70 Å². The van der Waals surface area contributed by atoms with Gasteiger partial charge in [-0.25, -0.2) is 9.24 Å². The minimum Gasteiger partial charge on any atom is -0.278 e. The zero-order valence-corrected chi connectivity index (χ0v) is 12.1. The Kier molecular flexibility index (Phi) is 3.23. The predicted molar refractivity (Wildman–Crippen MR) is 80.3 cm³/mol. The minimum absolute atomic E-state index is 0.318. The van der Waals surface area contributed by atoms with E-state index < -0.39 is 17.7 Å². The van der Waals surface area contributed by atoms with Crippen LogP contribution in [-0.4, -0.2) is 15.9 Å². The van der Waals surface area contributed by atoms with Crippen LogP contribution in [0.2, 0.25) is 0 Å². The van der Waals surface area contributed by atoms with Gasteiger partial charge < -0.3 is 0 Å². The normalized spacial score (nSPS) is 21.4. The molecule has 0 fully saturated rings. The number of hydrogen-bond acceptors (Lipinski definition) is 3. The third-order valence-electron chi connectivity index (χ3n) is 3.98. The highest BCUT2D eigenvalue weighted by Crippen LogP contribution is 2.41. The molecule has 0 saturated carbocycles. The third kappa shape index (κ3) is 1.89. The summed E-state index contributed by atoms with van der Waals surface area (Å²) in [5.74, 6) is -1.73. The fourth-order valence-electron chi connectivity index (χ4n) is 2.90. The van der Waals surface area contributed by atoms with Crippen molar-refractivity contribution in [3.63, 3.8) is 0 Å². The van der Waals surface area contributed by atoms with Crippen molar-refractivity contribution in [1.29, 1.82) is 5.26 Å². The molecule has 0 amide bonds. The number of nitrogens with zero attached hydrogens (tertiary/aromatic N) is 4.